The van der Waals surface area contributed by atoms with Crippen LogP contribution in [-0.4, -0.2) is 42.4 Å². The van der Waals surface area contributed by atoms with Gasteiger partial charge in [0.15, 0.2) is 0 Å². The first-order valence-corrected chi connectivity index (χ1v) is 7.06. The molecule has 2 rings (SSSR count). The second-order valence-corrected chi connectivity index (χ2v) is 5.42. The van der Waals surface area contributed by atoms with Crippen molar-refractivity contribution in [2.24, 2.45) is 0 Å². The molecule has 1 fully saturated rings. The van der Waals surface area contributed by atoms with Gasteiger partial charge in [0.25, 0.3) is 0 Å². The Labute approximate surface area is 131 Å². The Morgan fingerprint density at radius 3 is 2.81 bits per heavy atom. The van der Waals surface area contributed by atoms with Gasteiger partial charge in [-0.25, -0.2) is 0 Å². The van der Waals surface area contributed by atoms with Gasteiger partial charge in [-0.2, -0.15) is 0 Å². The largest absolute Gasteiger partial charge is 0.375 e. The third-order valence-electron chi connectivity index (χ3n) is 3.68. The van der Waals surface area contributed by atoms with Gasteiger partial charge in [0.1, 0.15) is 11.8 Å². The Morgan fingerprint density at radius 2 is 2.24 bits per heavy atom. The number of amides is 1. The molecule has 1 saturated heterocycles. The molecule has 1 aliphatic heterocycles. The molecular weight excluding hydrogens is 294 g/mol. The number of morpholine rings is 1. The number of hydrogen-bond donors (Lipinski definition) is 2. The van der Waals surface area contributed by atoms with E-state index in [1.165, 1.54) is 0 Å². The molecule has 1 aliphatic rings. The summed E-state index contributed by atoms with van der Waals surface area (Å²) >= 11 is 0. The molecule has 6 nitrogen and oxygen atoms in total. The van der Waals surface area contributed by atoms with E-state index in [4.69, 9.17) is 9.26 Å². The van der Waals surface area contributed by atoms with Gasteiger partial charge in [-0.15, -0.1) is 12.4 Å². The number of hydrogen-bond acceptors (Lipinski definition) is 5. The average molecular weight is 318 g/mol. The van der Waals surface area contributed by atoms with E-state index in [2.05, 4.69) is 15.8 Å². The maximum Gasteiger partial charge on any atom is 0.240 e. The van der Waals surface area contributed by atoms with E-state index in [1.54, 1.807) is 0 Å². The van der Waals surface area contributed by atoms with E-state index in [0.29, 0.717) is 13.2 Å². The van der Waals surface area contributed by atoms with Crippen LogP contribution in [0.2, 0.25) is 0 Å². The quantitative estimate of drug-likeness (QED) is 0.871. The van der Waals surface area contributed by atoms with Crippen LogP contribution in [0.5, 0.6) is 0 Å². The third kappa shape index (κ3) is 4.43. The number of nitrogens with one attached hydrogen (secondary N) is 2. The first-order chi connectivity index (χ1) is 9.49. The van der Waals surface area contributed by atoms with Crippen molar-refractivity contribution in [3.05, 3.63) is 17.0 Å². The van der Waals surface area contributed by atoms with Gasteiger partial charge < -0.3 is 19.9 Å². The smallest absolute Gasteiger partial charge is 0.240 e. The zero-order valence-electron chi connectivity index (χ0n) is 12.9. The molecular formula is C14H24ClN3O3. The molecule has 7 heteroatoms. The summed E-state index contributed by atoms with van der Waals surface area (Å²) in [6, 6.07) is -0.258. The summed E-state index contributed by atoms with van der Waals surface area (Å²) in [5.41, 5.74) is 1.95. The number of carbonyl (C=O) groups is 1. The lowest BCUT2D eigenvalue weighted by atomic mass is 10.0. The van der Waals surface area contributed by atoms with Gasteiger partial charge in [-0.3, -0.25) is 4.79 Å². The lowest BCUT2D eigenvalue weighted by Gasteiger charge is -2.30. The second-order valence-electron chi connectivity index (χ2n) is 5.42. The first-order valence-electron chi connectivity index (χ1n) is 7.06. The molecule has 2 N–H and O–H groups in total. The van der Waals surface area contributed by atoms with Gasteiger partial charge in [-0.05, 0) is 34.1 Å². The topological polar surface area (TPSA) is 76.4 Å². The zero-order chi connectivity index (χ0) is 14.7. The Kier molecular flexibility index (Phi) is 6.64. The Hall–Kier alpha value is -1.11. The van der Waals surface area contributed by atoms with Crippen LogP contribution in [0.25, 0.3) is 0 Å². The highest BCUT2D eigenvalue weighted by Crippen LogP contribution is 2.14. The molecule has 0 saturated carbocycles. The molecule has 1 aromatic heterocycles. The number of nitrogens with zero attached hydrogens (tertiary/aromatic N) is 1. The van der Waals surface area contributed by atoms with Crippen molar-refractivity contribution in [2.75, 3.05) is 13.2 Å². The van der Waals surface area contributed by atoms with E-state index >= 15 is 0 Å². The number of ether oxygens (including phenoxy) is 1. The van der Waals surface area contributed by atoms with Crippen molar-refractivity contribution >= 4 is 18.3 Å². The van der Waals surface area contributed by atoms with E-state index < -0.39 is 0 Å². The van der Waals surface area contributed by atoms with Gasteiger partial charge in [0, 0.05) is 18.2 Å². The van der Waals surface area contributed by atoms with Crippen LogP contribution in [0.4, 0.5) is 0 Å². The van der Waals surface area contributed by atoms with E-state index in [1.807, 2.05) is 27.7 Å². The van der Waals surface area contributed by atoms with Gasteiger partial charge in [0.2, 0.25) is 5.91 Å². The molecule has 21 heavy (non-hydrogen) atoms. The minimum Gasteiger partial charge on any atom is -0.375 e. The lowest BCUT2D eigenvalue weighted by Crippen LogP contribution is -2.56. The second kappa shape index (κ2) is 7.77. The molecule has 0 bridgehead atoms. The van der Waals surface area contributed by atoms with Crippen LogP contribution in [0, 0.1) is 13.8 Å². The Balaban J connectivity index is 0.00000220. The number of rotatable bonds is 4. The molecule has 1 aromatic rings. The highest BCUT2D eigenvalue weighted by Gasteiger charge is 2.29. The molecule has 1 unspecified atom stereocenters. The minimum absolute atomic E-state index is 0. The van der Waals surface area contributed by atoms with Gasteiger partial charge >= 0.3 is 0 Å². The number of halogens is 1. The predicted molar refractivity (Wildman–Crippen MR) is 81.7 cm³/mol. The number of carbonyl (C=O) groups excluding carboxylic acids is 1. The summed E-state index contributed by atoms with van der Waals surface area (Å²) in [6.07, 6.45) is 0.615. The van der Waals surface area contributed by atoms with Crippen molar-refractivity contribution in [1.29, 1.82) is 0 Å². The molecule has 2 heterocycles. The fourth-order valence-corrected chi connectivity index (χ4v) is 2.51. The SMILES string of the molecule is Cc1noc(C)c1CC(C)NC(=O)[C@H]1NCCO[C@@H]1C.Cl. The minimum atomic E-state index is -0.282. The molecule has 0 aliphatic carbocycles. The van der Waals surface area contributed by atoms with Crippen LogP contribution in [-0.2, 0) is 16.0 Å². The zero-order valence-corrected chi connectivity index (χ0v) is 13.8. The van der Waals surface area contributed by atoms with Gasteiger partial charge in [-0.1, -0.05) is 5.16 Å². The summed E-state index contributed by atoms with van der Waals surface area (Å²) in [4.78, 5) is 12.2. The first kappa shape index (κ1) is 17.9. The predicted octanol–water partition coefficient (Wildman–Crippen LogP) is 1.14. The Bertz CT molecular complexity index is 459. The fourth-order valence-electron chi connectivity index (χ4n) is 2.51. The highest BCUT2D eigenvalue weighted by atomic mass is 35.5. The molecule has 0 spiro atoms. The summed E-state index contributed by atoms with van der Waals surface area (Å²) < 4.78 is 10.6. The van der Waals surface area contributed by atoms with Crippen LogP contribution in [0.15, 0.2) is 4.52 Å². The number of aromatic nitrogens is 1. The maximum atomic E-state index is 12.2. The summed E-state index contributed by atoms with van der Waals surface area (Å²) in [5.74, 6) is 0.799. The highest BCUT2D eigenvalue weighted by molar-refractivity contribution is 5.85. The molecule has 0 radical (unpaired) electrons. The standard InChI is InChI=1S/C14H23N3O3.ClH/c1-8(7-12-9(2)17-20-10(12)3)16-14(18)13-11(4)19-6-5-15-13;/h8,11,13,15H,5-7H2,1-4H3,(H,16,18);1H/t8?,11-,13+;/m1./s1. The summed E-state index contributed by atoms with van der Waals surface area (Å²) in [7, 11) is 0. The van der Waals surface area contributed by atoms with E-state index in [-0.39, 0.29) is 36.5 Å². The average Bonchev–Trinajstić information content (AvgIpc) is 2.71. The molecule has 1 amide bonds. The van der Waals surface area contributed by atoms with Crippen LogP contribution in [0.1, 0.15) is 30.9 Å². The van der Waals surface area contributed by atoms with Crippen molar-refractivity contribution in [2.45, 2.75) is 52.3 Å². The summed E-state index contributed by atoms with van der Waals surface area (Å²) in [5, 5.41) is 10.1. The lowest BCUT2D eigenvalue weighted by molar-refractivity contribution is -0.129. The number of aryl methyl sites for hydroxylation is 2. The van der Waals surface area contributed by atoms with E-state index in [9.17, 15) is 4.79 Å². The third-order valence-corrected chi connectivity index (χ3v) is 3.68. The fraction of sp³-hybridized carbons (Fsp3) is 0.714. The van der Waals surface area contributed by atoms with Crippen molar-refractivity contribution in [3.63, 3.8) is 0 Å². The molecule has 0 aromatic carbocycles. The monoisotopic (exact) mass is 317 g/mol. The molecule has 3 atom stereocenters. The van der Waals surface area contributed by atoms with Crippen LogP contribution < -0.4 is 10.6 Å². The molecule has 120 valence electrons. The van der Waals surface area contributed by atoms with Crippen LogP contribution >= 0.6 is 12.4 Å². The van der Waals surface area contributed by atoms with Gasteiger partial charge in [0.05, 0.1) is 18.4 Å². The van der Waals surface area contributed by atoms with Crippen molar-refractivity contribution < 1.29 is 14.1 Å². The Morgan fingerprint density at radius 1 is 1.52 bits per heavy atom. The van der Waals surface area contributed by atoms with Crippen molar-refractivity contribution in [3.8, 4) is 0 Å². The summed E-state index contributed by atoms with van der Waals surface area (Å²) in [6.45, 7) is 9.06. The maximum absolute atomic E-state index is 12.2. The van der Waals surface area contributed by atoms with Crippen LogP contribution in [0.3, 0.4) is 0 Å². The van der Waals surface area contributed by atoms with E-state index in [0.717, 1.165) is 23.4 Å². The van der Waals surface area contributed by atoms with Crippen molar-refractivity contribution in [1.82, 2.24) is 15.8 Å². The normalized spacial score (nSPS) is 23.2.